The molecule has 0 spiro atoms. The van der Waals surface area contributed by atoms with Crippen molar-refractivity contribution in [1.82, 2.24) is 0 Å². The van der Waals surface area contributed by atoms with Crippen molar-refractivity contribution in [2.45, 2.75) is 19.4 Å². The highest BCUT2D eigenvalue weighted by molar-refractivity contribution is 5.67. The van der Waals surface area contributed by atoms with Crippen molar-refractivity contribution >= 4 is 5.97 Å². The van der Waals surface area contributed by atoms with E-state index >= 15 is 0 Å². The van der Waals surface area contributed by atoms with Gasteiger partial charge in [-0.2, -0.15) is 0 Å². The van der Waals surface area contributed by atoms with E-state index in [2.05, 4.69) is 0 Å². The Labute approximate surface area is 117 Å². The van der Waals surface area contributed by atoms with E-state index < -0.39 is 18.0 Å². The van der Waals surface area contributed by atoms with E-state index in [1.807, 2.05) is 0 Å². The van der Waals surface area contributed by atoms with Gasteiger partial charge in [-0.05, 0) is 18.1 Å². The summed E-state index contributed by atoms with van der Waals surface area (Å²) in [5.74, 6) is -0.229. The molecule has 0 fully saturated rings. The number of hydrogen-bond donors (Lipinski definition) is 2. The minimum absolute atomic E-state index is 0.140. The number of benzene rings is 1. The zero-order valence-corrected chi connectivity index (χ0v) is 12.0. The molecule has 112 valence electrons. The van der Waals surface area contributed by atoms with E-state index in [4.69, 9.17) is 19.3 Å². The van der Waals surface area contributed by atoms with Crippen LogP contribution in [-0.2, 0) is 4.79 Å². The predicted molar refractivity (Wildman–Crippen MR) is 72.5 cm³/mol. The van der Waals surface area contributed by atoms with Crippen LogP contribution in [0.4, 0.5) is 0 Å². The van der Waals surface area contributed by atoms with Gasteiger partial charge in [0.05, 0.1) is 33.9 Å². The summed E-state index contributed by atoms with van der Waals surface area (Å²) in [4.78, 5) is 10.7. The minimum Gasteiger partial charge on any atom is -0.493 e. The molecular formula is C14H20O6. The number of hydrogen-bond acceptors (Lipinski definition) is 5. The third kappa shape index (κ3) is 3.33. The molecule has 1 aromatic carbocycles. The van der Waals surface area contributed by atoms with E-state index in [0.717, 1.165) is 0 Å². The summed E-state index contributed by atoms with van der Waals surface area (Å²) in [5, 5.41) is 19.1. The molecule has 0 aromatic heterocycles. The molecular weight excluding hydrogens is 264 g/mol. The largest absolute Gasteiger partial charge is 0.493 e. The normalized spacial score (nSPS) is 13.4. The average Bonchev–Trinajstić information content (AvgIpc) is 2.43. The quantitative estimate of drug-likeness (QED) is 0.795. The van der Waals surface area contributed by atoms with Gasteiger partial charge in [-0.3, -0.25) is 4.79 Å². The Balaban J connectivity index is 3.20. The van der Waals surface area contributed by atoms with E-state index in [0.29, 0.717) is 22.8 Å². The lowest BCUT2D eigenvalue weighted by Gasteiger charge is -2.22. The zero-order chi connectivity index (χ0) is 15.3. The fourth-order valence-electron chi connectivity index (χ4n) is 2.05. The first-order valence-electron chi connectivity index (χ1n) is 6.14. The van der Waals surface area contributed by atoms with Crippen LogP contribution < -0.4 is 14.2 Å². The van der Waals surface area contributed by atoms with Gasteiger partial charge in [-0.1, -0.05) is 6.92 Å². The number of aliphatic hydroxyl groups is 1. The molecule has 0 aliphatic rings. The number of methoxy groups -OCH3 is 3. The molecule has 0 saturated carbocycles. The molecule has 20 heavy (non-hydrogen) atoms. The van der Waals surface area contributed by atoms with Crippen molar-refractivity contribution in [1.29, 1.82) is 0 Å². The lowest BCUT2D eigenvalue weighted by molar-refractivity contribution is -0.139. The van der Waals surface area contributed by atoms with Crippen LogP contribution in [0, 0.1) is 5.92 Å². The Bertz CT molecular complexity index is 471. The van der Waals surface area contributed by atoms with Crippen LogP contribution in [0.2, 0.25) is 0 Å². The first-order valence-corrected chi connectivity index (χ1v) is 6.14. The summed E-state index contributed by atoms with van der Waals surface area (Å²) < 4.78 is 15.7. The molecule has 0 aliphatic heterocycles. The molecule has 0 aliphatic carbocycles. The number of carboxylic acid groups (broad SMARTS) is 1. The van der Waals surface area contributed by atoms with Gasteiger partial charge in [0.2, 0.25) is 5.75 Å². The van der Waals surface area contributed by atoms with Crippen LogP contribution in [-0.4, -0.2) is 37.5 Å². The first-order chi connectivity index (χ1) is 9.46. The Kier molecular flexibility index (Phi) is 5.64. The predicted octanol–water partition coefficient (Wildman–Crippen LogP) is 1.86. The number of rotatable bonds is 7. The summed E-state index contributed by atoms with van der Waals surface area (Å²) in [6.45, 7) is 1.66. The van der Waals surface area contributed by atoms with Gasteiger partial charge in [0.25, 0.3) is 0 Å². The molecule has 1 aromatic rings. The maximum atomic E-state index is 10.7. The smallest absolute Gasteiger partial charge is 0.303 e. The molecule has 1 rings (SSSR count). The number of aliphatic hydroxyl groups excluding tert-OH is 1. The second-order valence-corrected chi connectivity index (χ2v) is 4.44. The molecule has 2 unspecified atom stereocenters. The fourth-order valence-corrected chi connectivity index (χ4v) is 2.05. The number of carboxylic acids is 1. The highest BCUT2D eigenvalue weighted by Gasteiger charge is 2.25. The maximum absolute atomic E-state index is 10.7. The van der Waals surface area contributed by atoms with Gasteiger partial charge in [-0.15, -0.1) is 0 Å². The van der Waals surface area contributed by atoms with E-state index in [1.54, 1.807) is 19.1 Å². The molecule has 2 atom stereocenters. The summed E-state index contributed by atoms with van der Waals surface area (Å²) in [7, 11) is 4.42. The van der Waals surface area contributed by atoms with Crippen molar-refractivity contribution in [3.05, 3.63) is 17.7 Å². The topological polar surface area (TPSA) is 85.2 Å². The van der Waals surface area contributed by atoms with Crippen molar-refractivity contribution in [3.8, 4) is 17.2 Å². The Morgan fingerprint density at radius 2 is 1.75 bits per heavy atom. The van der Waals surface area contributed by atoms with Crippen LogP contribution >= 0.6 is 0 Å². The Hall–Kier alpha value is -1.95. The molecule has 0 heterocycles. The van der Waals surface area contributed by atoms with Crippen LogP contribution in [0.3, 0.4) is 0 Å². The van der Waals surface area contributed by atoms with Crippen LogP contribution in [0.5, 0.6) is 17.2 Å². The van der Waals surface area contributed by atoms with Crippen LogP contribution in [0.1, 0.15) is 25.0 Å². The number of ether oxygens (including phenoxy) is 3. The van der Waals surface area contributed by atoms with Gasteiger partial charge in [0.15, 0.2) is 11.5 Å². The third-order valence-corrected chi connectivity index (χ3v) is 3.09. The SMILES string of the molecule is COc1ccc(C(O)C(C)CC(=O)O)c(OC)c1OC. The Morgan fingerprint density at radius 3 is 2.20 bits per heavy atom. The number of carbonyl (C=O) groups is 1. The Morgan fingerprint density at radius 1 is 1.15 bits per heavy atom. The van der Waals surface area contributed by atoms with Crippen molar-refractivity contribution in [2.75, 3.05) is 21.3 Å². The van der Waals surface area contributed by atoms with Crippen molar-refractivity contribution in [3.63, 3.8) is 0 Å². The molecule has 0 saturated heterocycles. The van der Waals surface area contributed by atoms with Gasteiger partial charge in [0, 0.05) is 5.56 Å². The summed E-state index contributed by atoms with van der Waals surface area (Å²) in [6, 6.07) is 3.29. The second kappa shape index (κ2) is 7.00. The monoisotopic (exact) mass is 284 g/mol. The minimum atomic E-state index is -0.971. The van der Waals surface area contributed by atoms with Gasteiger partial charge in [-0.25, -0.2) is 0 Å². The second-order valence-electron chi connectivity index (χ2n) is 4.44. The lowest BCUT2D eigenvalue weighted by Crippen LogP contribution is -2.15. The van der Waals surface area contributed by atoms with E-state index in [9.17, 15) is 9.90 Å². The summed E-state index contributed by atoms with van der Waals surface area (Å²) in [6.07, 6.45) is -1.11. The van der Waals surface area contributed by atoms with E-state index in [-0.39, 0.29) is 6.42 Å². The molecule has 6 heteroatoms. The standard InChI is InChI=1S/C14H20O6/c1-8(7-11(15)16)12(17)9-5-6-10(18-2)14(20-4)13(9)19-3/h5-6,8,12,17H,7H2,1-4H3,(H,15,16). The molecule has 6 nitrogen and oxygen atoms in total. The van der Waals surface area contributed by atoms with Gasteiger partial charge < -0.3 is 24.4 Å². The molecule has 2 N–H and O–H groups in total. The molecule has 0 amide bonds. The molecule has 0 bridgehead atoms. The zero-order valence-electron chi connectivity index (χ0n) is 12.0. The lowest BCUT2D eigenvalue weighted by atomic mass is 9.93. The summed E-state index contributed by atoms with van der Waals surface area (Å²) in [5.41, 5.74) is 0.471. The highest BCUT2D eigenvalue weighted by atomic mass is 16.5. The van der Waals surface area contributed by atoms with E-state index in [1.165, 1.54) is 21.3 Å². The first kappa shape index (κ1) is 16.1. The fraction of sp³-hybridized carbons (Fsp3) is 0.500. The maximum Gasteiger partial charge on any atom is 0.303 e. The number of aliphatic carboxylic acids is 1. The van der Waals surface area contributed by atoms with Gasteiger partial charge >= 0.3 is 5.97 Å². The molecule has 0 radical (unpaired) electrons. The van der Waals surface area contributed by atoms with Gasteiger partial charge in [0.1, 0.15) is 0 Å². The van der Waals surface area contributed by atoms with Crippen LogP contribution in [0.15, 0.2) is 12.1 Å². The highest BCUT2D eigenvalue weighted by Crippen LogP contribution is 2.43. The third-order valence-electron chi connectivity index (χ3n) is 3.09. The summed E-state index contributed by atoms with van der Waals surface area (Å²) >= 11 is 0. The van der Waals surface area contributed by atoms with Crippen molar-refractivity contribution in [2.24, 2.45) is 5.92 Å². The van der Waals surface area contributed by atoms with Crippen LogP contribution in [0.25, 0.3) is 0 Å². The van der Waals surface area contributed by atoms with Crippen molar-refractivity contribution < 1.29 is 29.2 Å². The average molecular weight is 284 g/mol.